The van der Waals surface area contributed by atoms with Crippen molar-refractivity contribution in [2.75, 3.05) is 32.7 Å². The standard InChI is InChI=1S/C27H29ClN4O/c1-21(22-11-13-24(14-12-22)23-7-3-2-4-8-23)29-30-27(33)20-32-17-15-31(16-18-32)19-25-9-5-6-10-26(25)28/h2-14H,15-20H2,1H3,(H,30,33). The number of rotatable bonds is 7. The third kappa shape index (κ3) is 6.51. The quantitative estimate of drug-likeness (QED) is 0.412. The van der Waals surface area contributed by atoms with Crippen molar-refractivity contribution in [3.8, 4) is 11.1 Å². The van der Waals surface area contributed by atoms with E-state index < -0.39 is 0 Å². The molecule has 170 valence electrons. The van der Waals surface area contributed by atoms with Crippen LogP contribution in [0.4, 0.5) is 0 Å². The van der Waals surface area contributed by atoms with Crippen LogP contribution in [0.1, 0.15) is 18.1 Å². The van der Waals surface area contributed by atoms with E-state index in [0.717, 1.165) is 60.1 Å². The molecule has 5 nitrogen and oxygen atoms in total. The smallest absolute Gasteiger partial charge is 0.254 e. The molecule has 3 aromatic rings. The van der Waals surface area contributed by atoms with E-state index in [-0.39, 0.29) is 5.91 Å². The second-order valence-corrected chi connectivity index (χ2v) is 8.73. The first-order valence-corrected chi connectivity index (χ1v) is 11.6. The predicted octanol–water partition coefficient (Wildman–Crippen LogP) is 4.67. The summed E-state index contributed by atoms with van der Waals surface area (Å²) >= 11 is 6.28. The van der Waals surface area contributed by atoms with Crippen LogP contribution in [0.25, 0.3) is 11.1 Å². The Balaban J connectivity index is 1.23. The summed E-state index contributed by atoms with van der Waals surface area (Å²) in [7, 11) is 0. The molecule has 6 heteroatoms. The van der Waals surface area contributed by atoms with Crippen LogP contribution < -0.4 is 5.43 Å². The molecule has 33 heavy (non-hydrogen) atoms. The zero-order chi connectivity index (χ0) is 23.0. The molecule has 1 saturated heterocycles. The molecule has 0 aliphatic carbocycles. The van der Waals surface area contributed by atoms with Gasteiger partial charge in [0.05, 0.1) is 12.3 Å². The highest BCUT2D eigenvalue weighted by atomic mass is 35.5. The molecule has 1 aliphatic heterocycles. The molecule has 1 fully saturated rings. The van der Waals surface area contributed by atoms with Crippen molar-refractivity contribution in [3.05, 3.63) is 95.0 Å². The summed E-state index contributed by atoms with van der Waals surface area (Å²) in [6.07, 6.45) is 0. The lowest BCUT2D eigenvalue weighted by molar-refractivity contribution is -0.122. The molecule has 0 radical (unpaired) electrons. The van der Waals surface area contributed by atoms with Gasteiger partial charge in [-0.2, -0.15) is 5.10 Å². The van der Waals surface area contributed by atoms with Gasteiger partial charge in [-0.25, -0.2) is 5.43 Å². The molecule has 0 spiro atoms. The third-order valence-corrected chi connectivity index (χ3v) is 6.31. The highest BCUT2D eigenvalue weighted by molar-refractivity contribution is 6.31. The summed E-state index contributed by atoms with van der Waals surface area (Å²) in [4.78, 5) is 16.9. The molecule has 3 aromatic carbocycles. The number of benzene rings is 3. The Labute approximate surface area is 200 Å². The van der Waals surface area contributed by atoms with Crippen LogP contribution in [0.3, 0.4) is 0 Å². The summed E-state index contributed by atoms with van der Waals surface area (Å²) in [6, 6.07) is 26.4. The lowest BCUT2D eigenvalue weighted by atomic mass is 10.0. The Hall–Kier alpha value is -2.99. The van der Waals surface area contributed by atoms with Crippen LogP contribution in [0.2, 0.25) is 5.02 Å². The Morgan fingerprint density at radius 2 is 1.45 bits per heavy atom. The van der Waals surface area contributed by atoms with Gasteiger partial charge in [0.1, 0.15) is 0 Å². The zero-order valence-corrected chi connectivity index (χ0v) is 19.6. The van der Waals surface area contributed by atoms with Crippen molar-refractivity contribution >= 4 is 23.2 Å². The number of piperazine rings is 1. The van der Waals surface area contributed by atoms with E-state index >= 15 is 0 Å². The van der Waals surface area contributed by atoms with Crippen molar-refractivity contribution in [1.82, 2.24) is 15.2 Å². The average Bonchev–Trinajstić information content (AvgIpc) is 2.86. The van der Waals surface area contributed by atoms with Gasteiger partial charge in [-0.1, -0.05) is 84.4 Å². The minimum atomic E-state index is -0.0881. The van der Waals surface area contributed by atoms with Crippen LogP contribution in [0.5, 0.6) is 0 Å². The number of nitrogens with zero attached hydrogens (tertiary/aromatic N) is 3. The van der Waals surface area contributed by atoms with Gasteiger partial charge in [0.15, 0.2) is 0 Å². The number of carbonyl (C=O) groups is 1. The van der Waals surface area contributed by atoms with Gasteiger partial charge in [-0.15, -0.1) is 0 Å². The normalized spacial score (nSPS) is 15.4. The fourth-order valence-electron chi connectivity index (χ4n) is 3.96. The molecule has 0 bridgehead atoms. The topological polar surface area (TPSA) is 47.9 Å². The number of amides is 1. The summed E-state index contributed by atoms with van der Waals surface area (Å²) in [5, 5.41) is 5.12. The first kappa shape index (κ1) is 23.2. The van der Waals surface area contributed by atoms with Crippen molar-refractivity contribution < 1.29 is 4.79 Å². The summed E-state index contributed by atoms with van der Waals surface area (Å²) in [6.45, 7) is 6.62. The van der Waals surface area contributed by atoms with Crippen LogP contribution in [0, 0.1) is 0 Å². The molecule has 0 aromatic heterocycles. The second kappa shape index (κ2) is 11.2. The lowest BCUT2D eigenvalue weighted by Gasteiger charge is -2.34. The number of hydrazone groups is 1. The highest BCUT2D eigenvalue weighted by Crippen LogP contribution is 2.20. The zero-order valence-electron chi connectivity index (χ0n) is 18.9. The predicted molar refractivity (Wildman–Crippen MR) is 135 cm³/mol. The summed E-state index contributed by atoms with van der Waals surface area (Å²) < 4.78 is 0. The molecule has 4 rings (SSSR count). The van der Waals surface area contributed by atoms with Gasteiger partial charge < -0.3 is 0 Å². The van der Waals surface area contributed by atoms with Crippen LogP contribution >= 0.6 is 11.6 Å². The number of nitrogens with one attached hydrogen (secondary N) is 1. The SMILES string of the molecule is CC(=NNC(=O)CN1CCN(Cc2ccccc2Cl)CC1)c1ccc(-c2ccccc2)cc1. The van der Waals surface area contributed by atoms with Gasteiger partial charge in [-0.05, 0) is 35.2 Å². The molecule has 1 aliphatic rings. The van der Waals surface area contributed by atoms with Crippen LogP contribution in [-0.2, 0) is 11.3 Å². The van der Waals surface area contributed by atoms with Crippen molar-refractivity contribution in [2.24, 2.45) is 5.10 Å². The Kier molecular flexibility index (Phi) is 7.89. The number of carbonyl (C=O) groups excluding carboxylic acids is 1. The van der Waals surface area contributed by atoms with E-state index in [1.54, 1.807) is 0 Å². The van der Waals surface area contributed by atoms with E-state index in [0.29, 0.717) is 6.54 Å². The second-order valence-electron chi connectivity index (χ2n) is 8.32. The molecule has 0 saturated carbocycles. The van der Waals surface area contributed by atoms with E-state index in [4.69, 9.17) is 11.6 Å². The van der Waals surface area contributed by atoms with Crippen LogP contribution in [-0.4, -0.2) is 54.1 Å². The van der Waals surface area contributed by atoms with E-state index in [1.807, 2.05) is 55.5 Å². The molecule has 0 atom stereocenters. The van der Waals surface area contributed by atoms with E-state index in [9.17, 15) is 4.79 Å². The van der Waals surface area contributed by atoms with Crippen molar-refractivity contribution in [2.45, 2.75) is 13.5 Å². The Bertz CT molecular complexity index is 1090. The largest absolute Gasteiger partial charge is 0.296 e. The number of hydrogen-bond donors (Lipinski definition) is 1. The first-order chi connectivity index (χ1) is 16.1. The molecular weight excluding hydrogens is 432 g/mol. The lowest BCUT2D eigenvalue weighted by Crippen LogP contribution is -2.48. The highest BCUT2D eigenvalue weighted by Gasteiger charge is 2.19. The third-order valence-electron chi connectivity index (χ3n) is 5.94. The molecule has 1 N–H and O–H groups in total. The van der Waals surface area contributed by atoms with Gasteiger partial charge in [0.2, 0.25) is 0 Å². The maximum atomic E-state index is 12.4. The maximum absolute atomic E-state index is 12.4. The fourth-order valence-corrected chi connectivity index (χ4v) is 4.15. The minimum Gasteiger partial charge on any atom is -0.296 e. The summed E-state index contributed by atoms with van der Waals surface area (Å²) in [5.41, 5.74) is 7.97. The van der Waals surface area contributed by atoms with Gasteiger partial charge in [0, 0.05) is 37.7 Å². The average molecular weight is 461 g/mol. The Morgan fingerprint density at radius 3 is 2.15 bits per heavy atom. The maximum Gasteiger partial charge on any atom is 0.254 e. The minimum absolute atomic E-state index is 0.0881. The molecular formula is C27H29ClN4O. The monoisotopic (exact) mass is 460 g/mol. The first-order valence-electron chi connectivity index (χ1n) is 11.3. The van der Waals surface area contributed by atoms with Crippen molar-refractivity contribution in [3.63, 3.8) is 0 Å². The van der Waals surface area contributed by atoms with E-state index in [2.05, 4.69) is 50.7 Å². The number of halogens is 1. The van der Waals surface area contributed by atoms with E-state index in [1.165, 1.54) is 5.56 Å². The number of hydrogen-bond acceptors (Lipinski definition) is 4. The van der Waals surface area contributed by atoms with Gasteiger partial charge >= 0.3 is 0 Å². The Morgan fingerprint density at radius 1 is 0.848 bits per heavy atom. The van der Waals surface area contributed by atoms with Gasteiger partial charge in [0.25, 0.3) is 5.91 Å². The summed E-state index contributed by atoms with van der Waals surface area (Å²) in [5.74, 6) is -0.0881. The molecule has 1 heterocycles. The molecule has 0 unspecified atom stereocenters. The molecule has 1 amide bonds. The van der Waals surface area contributed by atoms with Gasteiger partial charge in [-0.3, -0.25) is 14.6 Å². The van der Waals surface area contributed by atoms with Crippen molar-refractivity contribution in [1.29, 1.82) is 0 Å². The van der Waals surface area contributed by atoms with Crippen LogP contribution in [0.15, 0.2) is 84.0 Å². The fraction of sp³-hybridized carbons (Fsp3) is 0.259.